The van der Waals surface area contributed by atoms with Crippen LogP contribution in [0.2, 0.25) is 0 Å². The van der Waals surface area contributed by atoms with E-state index in [1.807, 2.05) is 17.5 Å². The Labute approximate surface area is 180 Å². The summed E-state index contributed by atoms with van der Waals surface area (Å²) in [6, 6.07) is 10.4. The molecule has 1 saturated heterocycles. The molecule has 1 aromatic heterocycles. The monoisotopic (exact) mass is 447 g/mol. The van der Waals surface area contributed by atoms with Crippen LogP contribution in [0.5, 0.6) is 0 Å². The molecule has 0 unspecified atom stereocenters. The van der Waals surface area contributed by atoms with Crippen molar-refractivity contribution in [1.29, 1.82) is 0 Å². The number of nitrogens with one attached hydrogen (secondary N) is 2. The topological polar surface area (TPSA) is 95.6 Å². The molecule has 2 aromatic rings. The fourth-order valence-electron chi connectivity index (χ4n) is 3.29. The van der Waals surface area contributed by atoms with Gasteiger partial charge in [-0.1, -0.05) is 24.3 Å². The van der Waals surface area contributed by atoms with Crippen LogP contribution in [0.15, 0.2) is 54.4 Å². The van der Waals surface area contributed by atoms with Crippen LogP contribution >= 0.6 is 11.3 Å². The van der Waals surface area contributed by atoms with Gasteiger partial charge < -0.3 is 10.2 Å². The first-order valence-electron chi connectivity index (χ1n) is 9.69. The lowest BCUT2D eigenvalue weighted by atomic mass is 9.95. The summed E-state index contributed by atoms with van der Waals surface area (Å²) in [4.78, 5) is 27.5. The van der Waals surface area contributed by atoms with Gasteiger partial charge in [0.05, 0.1) is 10.6 Å². The number of likely N-dealkylation sites (tertiary alicyclic amines) is 1. The summed E-state index contributed by atoms with van der Waals surface area (Å²) in [7, 11) is -3.42. The standard InChI is InChI=1S/C21H25N3O4S2/c1-2-11-22-30(27,28)15-16-5-7-18(8-6-16)23-20(25)17-9-12-24(13-10-17)21(26)19-4-3-14-29-19/h2-8,14,17,22H,1,9-13,15H2,(H,23,25). The van der Waals surface area contributed by atoms with Crippen LogP contribution in [-0.2, 0) is 20.6 Å². The van der Waals surface area contributed by atoms with E-state index < -0.39 is 10.0 Å². The highest BCUT2D eigenvalue weighted by Gasteiger charge is 2.28. The minimum atomic E-state index is -3.42. The van der Waals surface area contributed by atoms with Crippen LogP contribution in [0.3, 0.4) is 0 Å². The third kappa shape index (κ3) is 6.01. The van der Waals surface area contributed by atoms with Crippen molar-refractivity contribution in [3.8, 4) is 0 Å². The molecule has 3 rings (SSSR count). The molecule has 0 atom stereocenters. The number of thiophene rings is 1. The third-order valence-corrected chi connectivity index (χ3v) is 7.09. The summed E-state index contributed by atoms with van der Waals surface area (Å²) in [5.41, 5.74) is 1.25. The van der Waals surface area contributed by atoms with Crippen LogP contribution in [0.4, 0.5) is 5.69 Å². The molecule has 2 heterocycles. The van der Waals surface area contributed by atoms with Crippen LogP contribution in [-0.4, -0.2) is 44.8 Å². The number of amides is 2. The van der Waals surface area contributed by atoms with E-state index in [1.54, 1.807) is 29.2 Å². The number of hydrogen-bond acceptors (Lipinski definition) is 5. The lowest BCUT2D eigenvalue weighted by Crippen LogP contribution is -2.41. The average Bonchev–Trinajstić information content (AvgIpc) is 3.28. The number of nitrogens with zero attached hydrogens (tertiary/aromatic N) is 1. The van der Waals surface area contributed by atoms with Crippen LogP contribution in [0.1, 0.15) is 28.1 Å². The Morgan fingerprint density at radius 1 is 1.17 bits per heavy atom. The van der Waals surface area contributed by atoms with Gasteiger partial charge >= 0.3 is 0 Å². The molecule has 0 bridgehead atoms. The second-order valence-corrected chi connectivity index (χ2v) is 9.88. The van der Waals surface area contributed by atoms with Crippen molar-refractivity contribution in [2.75, 3.05) is 25.0 Å². The van der Waals surface area contributed by atoms with E-state index in [1.165, 1.54) is 17.4 Å². The second kappa shape index (κ2) is 10.0. The van der Waals surface area contributed by atoms with Gasteiger partial charge in [0.1, 0.15) is 0 Å². The zero-order valence-electron chi connectivity index (χ0n) is 16.5. The Balaban J connectivity index is 1.49. The van der Waals surface area contributed by atoms with Crippen molar-refractivity contribution < 1.29 is 18.0 Å². The lowest BCUT2D eigenvalue weighted by molar-refractivity contribution is -0.121. The lowest BCUT2D eigenvalue weighted by Gasteiger charge is -2.31. The molecular formula is C21H25N3O4S2. The van der Waals surface area contributed by atoms with E-state index in [9.17, 15) is 18.0 Å². The third-order valence-electron chi connectivity index (χ3n) is 4.91. The Morgan fingerprint density at radius 3 is 2.47 bits per heavy atom. The highest BCUT2D eigenvalue weighted by Crippen LogP contribution is 2.22. The SMILES string of the molecule is C=CCNS(=O)(=O)Cc1ccc(NC(=O)C2CCN(C(=O)c3cccs3)CC2)cc1. The number of piperidine rings is 1. The van der Waals surface area contributed by atoms with Crippen molar-refractivity contribution in [3.63, 3.8) is 0 Å². The summed E-state index contributed by atoms with van der Waals surface area (Å²) in [6.07, 6.45) is 2.72. The van der Waals surface area contributed by atoms with Crippen molar-refractivity contribution in [3.05, 3.63) is 64.9 Å². The molecule has 2 amide bonds. The first-order valence-corrected chi connectivity index (χ1v) is 12.2. The normalized spacial score (nSPS) is 15.0. The maximum atomic E-state index is 12.6. The van der Waals surface area contributed by atoms with E-state index in [0.29, 0.717) is 37.2 Å². The molecule has 9 heteroatoms. The summed E-state index contributed by atoms with van der Waals surface area (Å²) in [5.74, 6) is -0.338. The summed E-state index contributed by atoms with van der Waals surface area (Å²) >= 11 is 1.43. The van der Waals surface area contributed by atoms with E-state index in [4.69, 9.17) is 0 Å². The Kier molecular flexibility index (Phi) is 7.41. The maximum Gasteiger partial charge on any atom is 0.263 e. The van der Waals surface area contributed by atoms with Crippen LogP contribution < -0.4 is 10.0 Å². The number of benzene rings is 1. The van der Waals surface area contributed by atoms with Gasteiger partial charge in [-0.25, -0.2) is 13.1 Å². The number of rotatable bonds is 8. The van der Waals surface area contributed by atoms with Crippen LogP contribution in [0.25, 0.3) is 0 Å². The molecular weight excluding hydrogens is 422 g/mol. The molecule has 0 saturated carbocycles. The molecule has 0 spiro atoms. The molecule has 0 aliphatic carbocycles. The summed E-state index contributed by atoms with van der Waals surface area (Å²) < 4.78 is 26.3. The van der Waals surface area contributed by atoms with Gasteiger partial charge in [0.2, 0.25) is 15.9 Å². The Bertz CT molecular complexity index is 978. The zero-order chi connectivity index (χ0) is 21.6. The molecule has 1 aliphatic heterocycles. The highest BCUT2D eigenvalue weighted by atomic mass is 32.2. The number of carbonyl (C=O) groups excluding carboxylic acids is 2. The van der Waals surface area contributed by atoms with Crippen LogP contribution in [0, 0.1) is 5.92 Å². The number of anilines is 1. The number of carbonyl (C=O) groups is 2. The first kappa shape index (κ1) is 22.2. The fraction of sp³-hybridized carbons (Fsp3) is 0.333. The van der Waals surface area contributed by atoms with Gasteiger partial charge in [0.25, 0.3) is 5.91 Å². The van der Waals surface area contributed by atoms with Gasteiger partial charge in [0, 0.05) is 31.2 Å². The van der Waals surface area contributed by atoms with Crippen molar-refractivity contribution in [2.24, 2.45) is 5.92 Å². The van der Waals surface area contributed by atoms with E-state index >= 15 is 0 Å². The fourth-order valence-corrected chi connectivity index (χ4v) is 5.08. The first-order chi connectivity index (χ1) is 14.4. The minimum Gasteiger partial charge on any atom is -0.338 e. The number of hydrogen-bond donors (Lipinski definition) is 2. The van der Waals surface area contributed by atoms with Gasteiger partial charge in [-0.15, -0.1) is 17.9 Å². The van der Waals surface area contributed by atoms with Gasteiger partial charge in [-0.3, -0.25) is 9.59 Å². The molecule has 30 heavy (non-hydrogen) atoms. The van der Waals surface area contributed by atoms with E-state index in [2.05, 4.69) is 16.6 Å². The van der Waals surface area contributed by atoms with Crippen molar-refractivity contribution >= 4 is 38.9 Å². The smallest absolute Gasteiger partial charge is 0.263 e. The Hall–Kier alpha value is -2.49. The number of sulfonamides is 1. The van der Waals surface area contributed by atoms with Gasteiger partial charge in [-0.2, -0.15) is 0 Å². The molecule has 160 valence electrons. The zero-order valence-corrected chi connectivity index (χ0v) is 18.2. The molecule has 1 fully saturated rings. The second-order valence-electron chi connectivity index (χ2n) is 7.13. The highest BCUT2D eigenvalue weighted by molar-refractivity contribution is 7.88. The molecule has 1 aromatic carbocycles. The van der Waals surface area contributed by atoms with E-state index in [0.717, 1.165) is 4.88 Å². The molecule has 1 aliphatic rings. The molecule has 0 radical (unpaired) electrons. The van der Waals surface area contributed by atoms with Gasteiger partial charge in [0.15, 0.2) is 0 Å². The predicted molar refractivity (Wildman–Crippen MR) is 119 cm³/mol. The molecule has 2 N–H and O–H groups in total. The summed E-state index contributed by atoms with van der Waals surface area (Å²) in [6.45, 7) is 4.79. The predicted octanol–water partition coefficient (Wildman–Crippen LogP) is 2.84. The summed E-state index contributed by atoms with van der Waals surface area (Å²) in [5, 5.41) is 4.77. The largest absolute Gasteiger partial charge is 0.338 e. The average molecular weight is 448 g/mol. The quantitative estimate of drug-likeness (QED) is 0.608. The van der Waals surface area contributed by atoms with Crippen molar-refractivity contribution in [2.45, 2.75) is 18.6 Å². The van der Waals surface area contributed by atoms with Crippen molar-refractivity contribution in [1.82, 2.24) is 9.62 Å². The Morgan fingerprint density at radius 2 is 1.87 bits per heavy atom. The van der Waals surface area contributed by atoms with Gasteiger partial charge in [-0.05, 0) is 42.0 Å². The minimum absolute atomic E-state index is 0.0250. The molecule has 7 nitrogen and oxygen atoms in total. The maximum absolute atomic E-state index is 12.6. The van der Waals surface area contributed by atoms with E-state index in [-0.39, 0.29) is 30.0 Å².